The van der Waals surface area contributed by atoms with Gasteiger partial charge in [-0.3, -0.25) is 5.10 Å². The Labute approximate surface area is 106 Å². The van der Waals surface area contributed by atoms with E-state index in [0.29, 0.717) is 18.5 Å². The van der Waals surface area contributed by atoms with Gasteiger partial charge in [-0.1, -0.05) is 0 Å². The molecule has 0 radical (unpaired) electrons. The van der Waals surface area contributed by atoms with Crippen LogP contribution in [-0.4, -0.2) is 16.2 Å². The van der Waals surface area contributed by atoms with Crippen molar-refractivity contribution in [2.45, 2.75) is 39.0 Å². The highest BCUT2D eigenvalue weighted by Crippen LogP contribution is 2.21. The lowest BCUT2D eigenvalue weighted by molar-refractivity contribution is 0.258. The number of hydrogen-bond donors (Lipinski definition) is 2. The van der Waals surface area contributed by atoms with Crippen LogP contribution in [0.3, 0.4) is 0 Å². The van der Waals surface area contributed by atoms with Crippen molar-refractivity contribution in [2.24, 2.45) is 0 Å². The Morgan fingerprint density at radius 3 is 3.17 bits per heavy atom. The minimum absolute atomic E-state index is 0.416. The normalized spacial score (nSPS) is 14.9. The minimum Gasteiger partial charge on any atom is -0.468 e. The van der Waals surface area contributed by atoms with Crippen LogP contribution in [0.1, 0.15) is 29.9 Å². The van der Waals surface area contributed by atoms with Gasteiger partial charge in [-0.15, -0.1) is 5.10 Å². The van der Waals surface area contributed by atoms with Gasteiger partial charge in [0.25, 0.3) is 0 Å². The number of aromatic amines is 1. The molecule has 2 heterocycles. The number of ether oxygens (including phenoxy) is 1. The fourth-order valence-electron chi connectivity index (χ4n) is 1.80. The molecule has 2 N–H and O–H groups in total. The van der Waals surface area contributed by atoms with E-state index in [-0.39, 0.29) is 0 Å². The number of aromatic nitrogens is 2. The molecule has 2 aromatic heterocycles. The van der Waals surface area contributed by atoms with Crippen LogP contribution in [0, 0.1) is 6.92 Å². The summed E-state index contributed by atoms with van der Waals surface area (Å²) in [7, 11) is 0. The highest BCUT2D eigenvalue weighted by atomic mass is 16.5. The van der Waals surface area contributed by atoms with Crippen LogP contribution in [0.2, 0.25) is 0 Å². The fourth-order valence-corrected chi connectivity index (χ4v) is 1.80. The van der Waals surface area contributed by atoms with Crippen LogP contribution in [0.25, 0.3) is 0 Å². The van der Waals surface area contributed by atoms with E-state index in [9.17, 15) is 0 Å². The first-order chi connectivity index (χ1) is 8.81. The van der Waals surface area contributed by atoms with E-state index < -0.39 is 0 Å². The molecule has 2 aromatic rings. The number of rotatable bonds is 6. The van der Waals surface area contributed by atoms with E-state index in [0.717, 1.165) is 23.6 Å². The second-order valence-electron chi connectivity index (χ2n) is 4.70. The SMILES string of the molecule is Cc1cc(OCc2occc2CNC2CC2)n[nH]1. The van der Waals surface area contributed by atoms with Gasteiger partial charge in [-0.25, -0.2) is 0 Å². The summed E-state index contributed by atoms with van der Waals surface area (Å²) in [5.74, 6) is 1.47. The molecule has 1 aliphatic carbocycles. The van der Waals surface area contributed by atoms with Gasteiger partial charge in [0.1, 0.15) is 12.4 Å². The van der Waals surface area contributed by atoms with Crippen LogP contribution in [0.4, 0.5) is 0 Å². The van der Waals surface area contributed by atoms with Crippen molar-refractivity contribution in [1.82, 2.24) is 15.5 Å². The molecule has 96 valence electrons. The highest BCUT2D eigenvalue weighted by Gasteiger charge is 2.21. The Balaban J connectivity index is 1.56. The first-order valence-corrected chi connectivity index (χ1v) is 6.25. The van der Waals surface area contributed by atoms with Crippen molar-refractivity contribution in [3.63, 3.8) is 0 Å². The average molecular weight is 247 g/mol. The maximum atomic E-state index is 5.57. The summed E-state index contributed by atoms with van der Waals surface area (Å²) in [5.41, 5.74) is 2.15. The monoisotopic (exact) mass is 247 g/mol. The van der Waals surface area contributed by atoms with Crippen molar-refractivity contribution in [1.29, 1.82) is 0 Å². The molecule has 0 amide bonds. The summed E-state index contributed by atoms with van der Waals surface area (Å²) < 4.78 is 11.0. The standard InChI is InChI=1S/C13H17N3O2/c1-9-6-13(16-15-9)18-8-12-10(4-5-17-12)7-14-11-2-3-11/h4-6,11,14H,2-3,7-8H2,1H3,(H,15,16). The molecule has 0 spiro atoms. The Bertz CT molecular complexity index is 514. The summed E-state index contributed by atoms with van der Waals surface area (Å²) in [6.45, 7) is 3.20. The molecule has 18 heavy (non-hydrogen) atoms. The van der Waals surface area contributed by atoms with Gasteiger partial charge >= 0.3 is 0 Å². The molecule has 1 aliphatic rings. The van der Waals surface area contributed by atoms with Gasteiger partial charge in [0.2, 0.25) is 5.88 Å². The van der Waals surface area contributed by atoms with E-state index in [4.69, 9.17) is 9.15 Å². The molecular formula is C13H17N3O2. The molecule has 0 atom stereocenters. The van der Waals surface area contributed by atoms with Crippen LogP contribution in [0.5, 0.6) is 5.88 Å². The number of furan rings is 1. The third-order valence-corrected chi connectivity index (χ3v) is 3.03. The van der Waals surface area contributed by atoms with Crippen LogP contribution in [0.15, 0.2) is 22.8 Å². The Morgan fingerprint density at radius 2 is 2.44 bits per heavy atom. The lowest BCUT2D eigenvalue weighted by Gasteiger charge is -2.04. The van der Waals surface area contributed by atoms with Crippen LogP contribution >= 0.6 is 0 Å². The van der Waals surface area contributed by atoms with Gasteiger partial charge < -0.3 is 14.5 Å². The second-order valence-corrected chi connectivity index (χ2v) is 4.70. The van der Waals surface area contributed by atoms with Crippen molar-refractivity contribution in [3.8, 4) is 5.88 Å². The molecule has 0 bridgehead atoms. The Hall–Kier alpha value is -1.75. The number of nitrogens with one attached hydrogen (secondary N) is 2. The third kappa shape index (κ3) is 2.73. The van der Waals surface area contributed by atoms with Crippen LogP contribution in [-0.2, 0) is 13.2 Å². The molecule has 0 saturated heterocycles. The zero-order valence-electron chi connectivity index (χ0n) is 10.4. The van der Waals surface area contributed by atoms with E-state index in [2.05, 4.69) is 15.5 Å². The zero-order chi connectivity index (χ0) is 12.4. The number of aryl methyl sites for hydroxylation is 1. The molecule has 5 nitrogen and oxygen atoms in total. The molecular weight excluding hydrogens is 230 g/mol. The number of H-pyrrole nitrogens is 1. The molecule has 0 aliphatic heterocycles. The third-order valence-electron chi connectivity index (χ3n) is 3.03. The Kier molecular flexibility index (Phi) is 3.06. The number of hydrogen-bond acceptors (Lipinski definition) is 4. The van der Waals surface area contributed by atoms with Gasteiger partial charge in [0.15, 0.2) is 0 Å². The predicted octanol–water partition coefficient (Wildman–Crippen LogP) is 2.14. The summed E-state index contributed by atoms with van der Waals surface area (Å²) in [6, 6.07) is 4.55. The number of nitrogens with zero attached hydrogens (tertiary/aromatic N) is 1. The molecule has 3 rings (SSSR count). The second kappa shape index (κ2) is 4.86. The van der Waals surface area contributed by atoms with E-state index in [1.54, 1.807) is 6.26 Å². The van der Waals surface area contributed by atoms with Gasteiger partial charge in [-0.2, -0.15) is 0 Å². The summed E-state index contributed by atoms with van der Waals surface area (Å²) in [4.78, 5) is 0. The lowest BCUT2D eigenvalue weighted by Crippen LogP contribution is -2.16. The largest absolute Gasteiger partial charge is 0.468 e. The molecule has 1 saturated carbocycles. The van der Waals surface area contributed by atoms with Crippen molar-refractivity contribution >= 4 is 0 Å². The van der Waals surface area contributed by atoms with Gasteiger partial charge in [0.05, 0.1) is 6.26 Å². The predicted molar refractivity (Wildman–Crippen MR) is 66.2 cm³/mol. The first kappa shape index (κ1) is 11.3. The lowest BCUT2D eigenvalue weighted by atomic mass is 10.2. The summed E-state index contributed by atoms with van der Waals surface area (Å²) >= 11 is 0. The minimum atomic E-state index is 0.416. The topological polar surface area (TPSA) is 63.1 Å². The summed E-state index contributed by atoms with van der Waals surface area (Å²) in [5, 5.41) is 10.3. The molecule has 1 fully saturated rings. The van der Waals surface area contributed by atoms with E-state index in [1.807, 2.05) is 19.1 Å². The van der Waals surface area contributed by atoms with E-state index in [1.165, 1.54) is 12.8 Å². The zero-order valence-corrected chi connectivity index (χ0v) is 10.4. The maximum absolute atomic E-state index is 5.57. The summed E-state index contributed by atoms with van der Waals surface area (Å²) in [6.07, 6.45) is 4.28. The Morgan fingerprint density at radius 1 is 1.56 bits per heavy atom. The molecule has 5 heteroatoms. The molecule has 0 aromatic carbocycles. The highest BCUT2D eigenvalue weighted by molar-refractivity contribution is 5.18. The molecule has 0 unspecified atom stereocenters. The smallest absolute Gasteiger partial charge is 0.233 e. The van der Waals surface area contributed by atoms with Crippen molar-refractivity contribution in [2.75, 3.05) is 0 Å². The average Bonchev–Trinajstić information content (AvgIpc) is 2.93. The fraction of sp³-hybridized carbons (Fsp3) is 0.462. The first-order valence-electron chi connectivity index (χ1n) is 6.25. The van der Waals surface area contributed by atoms with Crippen molar-refractivity contribution in [3.05, 3.63) is 35.4 Å². The van der Waals surface area contributed by atoms with Crippen LogP contribution < -0.4 is 10.1 Å². The maximum Gasteiger partial charge on any atom is 0.233 e. The van der Waals surface area contributed by atoms with Gasteiger partial charge in [-0.05, 0) is 25.8 Å². The van der Waals surface area contributed by atoms with Crippen molar-refractivity contribution < 1.29 is 9.15 Å². The van der Waals surface area contributed by atoms with E-state index >= 15 is 0 Å². The van der Waals surface area contributed by atoms with Gasteiger partial charge in [0, 0.05) is 29.9 Å². The quantitative estimate of drug-likeness (QED) is 0.821.